The normalized spacial score (nSPS) is 24.8. The predicted octanol–water partition coefficient (Wildman–Crippen LogP) is -0.465. The number of methoxy groups -OCH3 is 1. The highest BCUT2D eigenvalue weighted by atomic mass is 16.5. The Balaban J connectivity index is 1.69. The summed E-state index contributed by atoms with van der Waals surface area (Å²) in [4.78, 5) is 26.2. The molecular formula is C14H19N3O3. The number of ether oxygens (including phenoxy) is 1. The number of pyridine rings is 1. The molecule has 2 atom stereocenters. The van der Waals surface area contributed by atoms with Gasteiger partial charge in [0, 0.05) is 32.4 Å². The number of fused-ring (bicyclic) bond motifs is 1. The lowest BCUT2D eigenvalue weighted by Gasteiger charge is -2.18. The third kappa shape index (κ3) is 2.31. The number of likely N-dealkylation sites (tertiary alicyclic amines) is 1. The van der Waals surface area contributed by atoms with Gasteiger partial charge in [0.1, 0.15) is 6.54 Å². The summed E-state index contributed by atoms with van der Waals surface area (Å²) in [6.45, 7) is 3.68. The minimum Gasteiger partial charge on any atom is -0.491 e. The largest absolute Gasteiger partial charge is 0.491 e. The maximum Gasteiger partial charge on any atom is 0.293 e. The van der Waals surface area contributed by atoms with Crippen molar-refractivity contribution in [1.29, 1.82) is 0 Å². The van der Waals surface area contributed by atoms with Crippen LogP contribution in [0.1, 0.15) is 0 Å². The molecule has 2 aliphatic heterocycles. The van der Waals surface area contributed by atoms with Gasteiger partial charge in [0.25, 0.3) is 5.56 Å². The molecule has 2 saturated heterocycles. The number of hydrogen-bond acceptors (Lipinski definition) is 4. The van der Waals surface area contributed by atoms with Crippen molar-refractivity contribution in [2.45, 2.75) is 6.54 Å². The predicted molar refractivity (Wildman–Crippen MR) is 73.7 cm³/mol. The van der Waals surface area contributed by atoms with Crippen LogP contribution >= 0.6 is 0 Å². The van der Waals surface area contributed by atoms with Crippen LogP contribution in [0.4, 0.5) is 0 Å². The minimum absolute atomic E-state index is 0.00903. The Bertz CT molecular complexity index is 557. The molecule has 0 saturated carbocycles. The molecule has 2 aliphatic rings. The average Bonchev–Trinajstić information content (AvgIpc) is 3.02. The fourth-order valence-corrected chi connectivity index (χ4v) is 3.10. The van der Waals surface area contributed by atoms with Gasteiger partial charge in [0.2, 0.25) is 5.91 Å². The zero-order valence-corrected chi connectivity index (χ0v) is 11.5. The Kier molecular flexibility index (Phi) is 3.48. The molecule has 0 unspecified atom stereocenters. The number of aromatic nitrogens is 1. The van der Waals surface area contributed by atoms with Gasteiger partial charge in [-0.05, 0) is 24.0 Å². The van der Waals surface area contributed by atoms with Crippen molar-refractivity contribution < 1.29 is 9.53 Å². The van der Waals surface area contributed by atoms with E-state index in [1.165, 1.54) is 11.7 Å². The van der Waals surface area contributed by atoms with Crippen LogP contribution < -0.4 is 15.6 Å². The first kappa shape index (κ1) is 13.2. The molecule has 3 heterocycles. The van der Waals surface area contributed by atoms with Crippen LogP contribution in [0.25, 0.3) is 0 Å². The lowest BCUT2D eigenvalue weighted by Crippen LogP contribution is -2.36. The van der Waals surface area contributed by atoms with Crippen molar-refractivity contribution in [2.24, 2.45) is 11.8 Å². The second-order valence-corrected chi connectivity index (χ2v) is 5.49. The lowest BCUT2D eigenvalue weighted by atomic mass is 10.0. The molecule has 108 valence electrons. The summed E-state index contributed by atoms with van der Waals surface area (Å²) in [5, 5.41) is 3.35. The van der Waals surface area contributed by atoms with Crippen LogP contribution in [0.2, 0.25) is 0 Å². The molecule has 0 bridgehead atoms. The van der Waals surface area contributed by atoms with Crippen LogP contribution in [-0.4, -0.2) is 48.7 Å². The standard InChI is InChI=1S/C14H19N3O3/c1-20-12-3-2-4-16(14(12)19)9-13(18)17-7-10-5-15-6-11(10)8-17/h2-4,10-11,15H,5-9H2,1H3/t10-,11+. The number of nitrogens with zero attached hydrogens (tertiary/aromatic N) is 2. The number of carbonyl (C=O) groups is 1. The maximum absolute atomic E-state index is 12.3. The van der Waals surface area contributed by atoms with E-state index in [1.807, 2.05) is 4.90 Å². The highest BCUT2D eigenvalue weighted by molar-refractivity contribution is 5.76. The van der Waals surface area contributed by atoms with Gasteiger partial charge in [0.15, 0.2) is 5.75 Å². The quantitative estimate of drug-likeness (QED) is 0.811. The zero-order valence-electron chi connectivity index (χ0n) is 11.5. The summed E-state index contributed by atoms with van der Waals surface area (Å²) in [7, 11) is 1.46. The number of hydrogen-bond donors (Lipinski definition) is 1. The van der Waals surface area contributed by atoms with E-state index in [1.54, 1.807) is 18.3 Å². The molecule has 20 heavy (non-hydrogen) atoms. The van der Waals surface area contributed by atoms with Crippen LogP contribution in [0, 0.1) is 11.8 Å². The van der Waals surface area contributed by atoms with Crippen molar-refractivity contribution in [3.05, 3.63) is 28.7 Å². The second kappa shape index (κ2) is 5.28. The van der Waals surface area contributed by atoms with E-state index >= 15 is 0 Å². The van der Waals surface area contributed by atoms with E-state index in [2.05, 4.69) is 5.32 Å². The Morgan fingerprint density at radius 3 is 2.75 bits per heavy atom. The molecule has 1 aromatic heterocycles. The van der Waals surface area contributed by atoms with E-state index in [-0.39, 0.29) is 23.8 Å². The highest BCUT2D eigenvalue weighted by Crippen LogP contribution is 2.26. The van der Waals surface area contributed by atoms with Crippen molar-refractivity contribution in [3.63, 3.8) is 0 Å². The molecule has 0 radical (unpaired) electrons. The molecule has 6 heteroatoms. The topological polar surface area (TPSA) is 63.6 Å². The molecule has 3 rings (SSSR count). The first-order chi connectivity index (χ1) is 9.69. The SMILES string of the molecule is COc1cccn(CC(=O)N2C[C@H]3CNC[C@H]3C2)c1=O. The molecule has 6 nitrogen and oxygen atoms in total. The van der Waals surface area contributed by atoms with Gasteiger partial charge in [-0.25, -0.2) is 0 Å². The van der Waals surface area contributed by atoms with E-state index in [4.69, 9.17) is 4.74 Å². The summed E-state index contributed by atoms with van der Waals surface area (Å²) in [5.41, 5.74) is -0.260. The van der Waals surface area contributed by atoms with Crippen molar-refractivity contribution in [1.82, 2.24) is 14.8 Å². The zero-order chi connectivity index (χ0) is 14.1. The van der Waals surface area contributed by atoms with Crippen LogP contribution in [0.15, 0.2) is 23.1 Å². The van der Waals surface area contributed by atoms with Gasteiger partial charge >= 0.3 is 0 Å². The third-order valence-corrected chi connectivity index (χ3v) is 4.25. The molecule has 1 N–H and O–H groups in total. The van der Waals surface area contributed by atoms with Crippen LogP contribution in [0.5, 0.6) is 5.75 Å². The van der Waals surface area contributed by atoms with E-state index in [0.717, 1.165) is 26.2 Å². The number of rotatable bonds is 3. The Hall–Kier alpha value is -1.82. The third-order valence-electron chi connectivity index (χ3n) is 4.25. The van der Waals surface area contributed by atoms with E-state index in [9.17, 15) is 9.59 Å². The molecule has 1 aromatic rings. The molecule has 1 amide bonds. The highest BCUT2D eigenvalue weighted by Gasteiger charge is 2.37. The number of carbonyl (C=O) groups excluding carboxylic acids is 1. The van der Waals surface area contributed by atoms with Crippen LogP contribution in [-0.2, 0) is 11.3 Å². The summed E-state index contributed by atoms with van der Waals surface area (Å²) >= 11 is 0. The first-order valence-electron chi connectivity index (χ1n) is 6.91. The Labute approximate surface area is 117 Å². The fourth-order valence-electron chi connectivity index (χ4n) is 3.10. The number of amides is 1. The van der Waals surface area contributed by atoms with E-state index < -0.39 is 0 Å². The average molecular weight is 277 g/mol. The monoisotopic (exact) mass is 277 g/mol. The Morgan fingerprint density at radius 1 is 1.40 bits per heavy atom. The van der Waals surface area contributed by atoms with Crippen LogP contribution in [0.3, 0.4) is 0 Å². The van der Waals surface area contributed by atoms with E-state index in [0.29, 0.717) is 11.8 Å². The van der Waals surface area contributed by atoms with Crippen molar-refractivity contribution >= 4 is 5.91 Å². The summed E-state index contributed by atoms with van der Waals surface area (Å²) < 4.78 is 6.40. The first-order valence-corrected chi connectivity index (χ1v) is 6.91. The van der Waals surface area contributed by atoms with Gasteiger partial charge in [-0.3, -0.25) is 9.59 Å². The smallest absolute Gasteiger partial charge is 0.293 e. The molecule has 0 aromatic carbocycles. The van der Waals surface area contributed by atoms with Gasteiger partial charge in [-0.2, -0.15) is 0 Å². The second-order valence-electron chi connectivity index (χ2n) is 5.49. The summed E-state index contributed by atoms with van der Waals surface area (Å²) in [5.74, 6) is 1.42. The van der Waals surface area contributed by atoms with Crippen molar-refractivity contribution in [2.75, 3.05) is 33.3 Å². The fraction of sp³-hybridized carbons (Fsp3) is 0.571. The van der Waals surface area contributed by atoms with Gasteiger partial charge in [0.05, 0.1) is 7.11 Å². The molecular weight excluding hydrogens is 258 g/mol. The maximum atomic E-state index is 12.3. The summed E-state index contributed by atoms with van der Waals surface area (Å²) in [6.07, 6.45) is 1.63. The molecule has 0 aliphatic carbocycles. The Morgan fingerprint density at radius 2 is 2.10 bits per heavy atom. The van der Waals surface area contributed by atoms with Crippen molar-refractivity contribution in [3.8, 4) is 5.75 Å². The number of nitrogens with one attached hydrogen (secondary N) is 1. The van der Waals surface area contributed by atoms with Gasteiger partial charge < -0.3 is 19.5 Å². The summed E-state index contributed by atoms with van der Waals surface area (Å²) in [6, 6.07) is 3.32. The van der Waals surface area contributed by atoms with Gasteiger partial charge in [-0.15, -0.1) is 0 Å². The molecule has 0 spiro atoms. The lowest BCUT2D eigenvalue weighted by molar-refractivity contribution is -0.131. The minimum atomic E-state index is -0.260. The van der Waals surface area contributed by atoms with Gasteiger partial charge in [-0.1, -0.05) is 0 Å². The molecule has 2 fully saturated rings.